The number of phenolic OH excluding ortho intramolecular Hbond substituents is 1. The molecule has 0 saturated carbocycles. The van der Waals surface area contributed by atoms with Crippen LogP contribution in [0.2, 0.25) is 0 Å². The van der Waals surface area contributed by atoms with Crippen LogP contribution in [-0.4, -0.2) is 5.11 Å². The van der Waals surface area contributed by atoms with E-state index in [0.717, 1.165) is 5.56 Å². The smallest absolute Gasteiger partial charge is 0.115 e. The van der Waals surface area contributed by atoms with Crippen molar-refractivity contribution < 1.29 is 5.11 Å². The van der Waals surface area contributed by atoms with Gasteiger partial charge in [-0.2, -0.15) is 0 Å². The minimum atomic E-state index is 0.297. The number of phenols is 1. The van der Waals surface area contributed by atoms with Crippen molar-refractivity contribution >= 4 is 21.5 Å². The zero-order valence-electron chi connectivity index (χ0n) is 18.2. The van der Waals surface area contributed by atoms with Crippen molar-refractivity contribution in [2.45, 2.75) is 26.7 Å². The Balaban J connectivity index is 1.71. The lowest BCUT2D eigenvalue weighted by molar-refractivity contribution is 0.475. The molecule has 1 heteroatoms. The Hall–Kier alpha value is -3.58. The topological polar surface area (TPSA) is 20.2 Å². The largest absolute Gasteiger partial charge is 0.508 e. The molecule has 0 saturated heterocycles. The third kappa shape index (κ3) is 3.47. The number of hydrogen-bond acceptors (Lipinski definition) is 1. The minimum Gasteiger partial charge on any atom is -0.508 e. The van der Waals surface area contributed by atoms with Gasteiger partial charge in [0.15, 0.2) is 0 Å². The molecule has 0 spiro atoms. The number of fused-ring (bicyclic) bond motifs is 2. The number of hydrogen-bond donors (Lipinski definition) is 1. The van der Waals surface area contributed by atoms with E-state index < -0.39 is 0 Å². The third-order valence-corrected chi connectivity index (χ3v) is 6.29. The maximum absolute atomic E-state index is 9.76. The molecule has 5 rings (SSSR count). The predicted octanol–water partition coefficient (Wildman–Crippen LogP) is 8.46. The fourth-order valence-electron chi connectivity index (χ4n) is 4.65. The van der Waals surface area contributed by atoms with Crippen molar-refractivity contribution in [3.8, 4) is 28.0 Å². The van der Waals surface area contributed by atoms with Gasteiger partial charge >= 0.3 is 0 Å². The maximum atomic E-state index is 9.76. The van der Waals surface area contributed by atoms with E-state index >= 15 is 0 Å². The van der Waals surface area contributed by atoms with Gasteiger partial charge in [-0.05, 0) is 98.1 Å². The Bertz CT molecular complexity index is 1410. The van der Waals surface area contributed by atoms with Crippen LogP contribution in [0.25, 0.3) is 43.8 Å². The molecule has 0 radical (unpaired) electrons. The highest BCUT2D eigenvalue weighted by atomic mass is 16.3. The molecule has 5 aromatic rings. The lowest BCUT2D eigenvalue weighted by atomic mass is 9.85. The van der Waals surface area contributed by atoms with E-state index in [1.165, 1.54) is 49.4 Å². The van der Waals surface area contributed by atoms with E-state index in [1.807, 2.05) is 12.1 Å². The molecule has 0 fully saturated rings. The van der Waals surface area contributed by atoms with Crippen molar-refractivity contribution in [3.05, 3.63) is 102 Å². The average molecular weight is 403 g/mol. The number of rotatable bonds is 3. The summed E-state index contributed by atoms with van der Waals surface area (Å²) in [6.07, 6.45) is 0. The van der Waals surface area contributed by atoms with Crippen LogP contribution >= 0.6 is 0 Å². The monoisotopic (exact) mass is 402 g/mol. The molecule has 0 amide bonds. The molecular formula is C30H26O. The minimum absolute atomic E-state index is 0.297. The van der Waals surface area contributed by atoms with Crippen LogP contribution in [0.15, 0.2) is 91.0 Å². The quantitative estimate of drug-likeness (QED) is 0.300. The summed E-state index contributed by atoms with van der Waals surface area (Å²) in [5.41, 5.74) is 7.51. The summed E-state index contributed by atoms with van der Waals surface area (Å²) in [5, 5.41) is 14.8. The zero-order chi connectivity index (χ0) is 21.5. The lowest BCUT2D eigenvalue weighted by Crippen LogP contribution is -1.98. The number of benzene rings is 5. The molecule has 0 aliphatic carbocycles. The average Bonchev–Trinajstić information content (AvgIpc) is 2.77. The second-order valence-corrected chi connectivity index (χ2v) is 8.67. The molecule has 5 aromatic carbocycles. The van der Waals surface area contributed by atoms with E-state index in [2.05, 4.69) is 87.5 Å². The molecule has 0 bridgehead atoms. The summed E-state index contributed by atoms with van der Waals surface area (Å²) < 4.78 is 0. The van der Waals surface area contributed by atoms with Crippen molar-refractivity contribution in [2.24, 2.45) is 0 Å². The van der Waals surface area contributed by atoms with Gasteiger partial charge in [0, 0.05) is 0 Å². The van der Waals surface area contributed by atoms with Gasteiger partial charge in [0.2, 0.25) is 0 Å². The molecule has 31 heavy (non-hydrogen) atoms. The summed E-state index contributed by atoms with van der Waals surface area (Å²) in [4.78, 5) is 0. The summed E-state index contributed by atoms with van der Waals surface area (Å²) in [5.74, 6) is 0.713. The van der Waals surface area contributed by atoms with Crippen molar-refractivity contribution in [1.82, 2.24) is 0 Å². The Morgan fingerprint density at radius 1 is 0.613 bits per heavy atom. The van der Waals surface area contributed by atoms with Gasteiger partial charge in [-0.25, -0.2) is 0 Å². The first-order chi connectivity index (χ1) is 15.0. The summed E-state index contributed by atoms with van der Waals surface area (Å²) in [6.45, 7) is 6.69. The fraction of sp³-hybridized carbons (Fsp3) is 0.133. The predicted molar refractivity (Wildman–Crippen MR) is 133 cm³/mol. The Kier molecular flexibility index (Phi) is 4.75. The van der Waals surface area contributed by atoms with E-state index in [9.17, 15) is 5.11 Å². The summed E-state index contributed by atoms with van der Waals surface area (Å²) in [7, 11) is 0. The third-order valence-electron chi connectivity index (χ3n) is 6.29. The van der Waals surface area contributed by atoms with E-state index in [4.69, 9.17) is 0 Å². The first kappa shape index (κ1) is 19.4. The molecule has 0 aliphatic rings. The van der Waals surface area contributed by atoms with Gasteiger partial charge in [-0.3, -0.25) is 0 Å². The Morgan fingerprint density at radius 2 is 1.23 bits per heavy atom. The first-order valence-electron chi connectivity index (χ1n) is 10.9. The summed E-state index contributed by atoms with van der Waals surface area (Å²) >= 11 is 0. The van der Waals surface area contributed by atoms with Gasteiger partial charge in [0.05, 0.1) is 0 Å². The number of aromatic hydroxyl groups is 1. The standard InChI is InChI=1S/C30H26O/c1-19(2)28-14-15-29(20(3)30(28)21-10-12-27(31)13-11-21)25-9-8-24-16-22-6-4-5-7-23(22)17-26(24)18-25/h4-19,31H,1-3H3. The van der Waals surface area contributed by atoms with Crippen molar-refractivity contribution in [1.29, 1.82) is 0 Å². The van der Waals surface area contributed by atoms with Gasteiger partial charge in [0.25, 0.3) is 0 Å². The normalized spacial score (nSPS) is 11.5. The van der Waals surface area contributed by atoms with Gasteiger partial charge in [-0.15, -0.1) is 0 Å². The second kappa shape index (κ2) is 7.59. The molecule has 0 aliphatic heterocycles. The molecule has 152 valence electrons. The highest BCUT2D eigenvalue weighted by Gasteiger charge is 2.16. The molecule has 0 heterocycles. The molecule has 1 nitrogen and oxygen atoms in total. The second-order valence-electron chi connectivity index (χ2n) is 8.67. The van der Waals surface area contributed by atoms with Gasteiger partial charge in [0.1, 0.15) is 5.75 Å². The van der Waals surface area contributed by atoms with Crippen molar-refractivity contribution in [3.63, 3.8) is 0 Å². The van der Waals surface area contributed by atoms with Gasteiger partial charge < -0.3 is 5.11 Å². The van der Waals surface area contributed by atoms with Crippen LogP contribution in [0, 0.1) is 6.92 Å². The van der Waals surface area contributed by atoms with Crippen LogP contribution < -0.4 is 0 Å². The first-order valence-corrected chi connectivity index (χ1v) is 10.9. The van der Waals surface area contributed by atoms with E-state index in [1.54, 1.807) is 12.1 Å². The fourth-order valence-corrected chi connectivity index (χ4v) is 4.65. The van der Waals surface area contributed by atoms with Crippen LogP contribution in [0.5, 0.6) is 5.75 Å². The van der Waals surface area contributed by atoms with Crippen LogP contribution in [-0.2, 0) is 0 Å². The SMILES string of the molecule is Cc1c(-c2ccc3cc4ccccc4cc3c2)ccc(C(C)C)c1-c1ccc(O)cc1. The molecule has 0 aromatic heterocycles. The van der Waals surface area contributed by atoms with E-state index in [0.29, 0.717) is 11.7 Å². The highest BCUT2D eigenvalue weighted by molar-refractivity contribution is 6.00. The zero-order valence-corrected chi connectivity index (χ0v) is 18.2. The van der Waals surface area contributed by atoms with E-state index in [-0.39, 0.29) is 0 Å². The highest BCUT2D eigenvalue weighted by Crippen LogP contribution is 2.39. The summed E-state index contributed by atoms with van der Waals surface area (Å²) in [6, 6.07) is 31.9. The van der Waals surface area contributed by atoms with Crippen LogP contribution in [0.4, 0.5) is 0 Å². The molecule has 1 N–H and O–H groups in total. The Labute approximate surface area is 183 Å². The van der Waals surface area contributed by atoms with Crippen LogP contribution in [0.3, 0.4) is 0 Å². The molecular weight excluding hydrogens is 376 g/mol. The molecule has 0 unspecified atom stereocenters. The van der Waals surface area contributed by atoms with Gasteiger partial charge in [-0.1, -0.05) is 74.5 Å². The van der Waals surface area contributed by atoms with Crippen molar-refractivity contribution in [2.75, 3.05) is 0 Å². The maximum Gasteiger partial charge on any atom is 0.115 e. The Morgan fingerprint density at radius 3 is 1.90 bits per heavy atom. The van der Waals surface area contributed by atoms with Crippen LogP contribution in [0.1, 0.15) is 30.9 Å². The lowest BCUT2D eigenvalue weighted by Gasteiger charge is -2.20. The molecule has 0 atom stereocenters.